The second-order valence-electron chi connectivity index (χ2n) is 6.64. The van der Waals surface area contributed by atoms with Crippen LogP contribution in [0.5, 0.6) is 0 Å². The molecule has 1 amide bonds. The fourth-order valence-electron chi connectivity index (χ4n) is 3.17. The highest BCUT2D eigenvalue weighted by Crippen LogP contribution is 2.34. The third-order valence-corrected chi connectivity index (χ3v) is 6.84. The molecule has 0 bridgehead atoms. The van der Waals surface area contributed by atoms with Crippen molar-refractivity contribution < 1.29 is 27.5 Å². The molecular formula is C22H14ClNO6S. The molecule has 7 nitrogen and oxygen atoms in total. The van der Waals surface area contributed by atoms with E-state index < -0.39 is 34.1 Å². The summed E-state index contributed by atoms with van der Waals surface area (Å²) in [6.45, 7) is -0.602. The summed E-state index contributed by atoms with van der Waals surface area (Å²) in [4.78, 5) is 36.7. The summed E-state index contributed by atoms with van der Waals surface area (Å²) < 4.78 is 30.9. The molecule has 0 saturated heterocycles. The van der Waals surface area contributed by atoms with E-state index in [2.05, 4.69) is 5.32 Å². The van der Waals surface area contributed by atoms with Crippen molar-refractivity contribution in [1.82, 2.24) is 0 Å². The lowest BCUT2D eigenvalue weighted by Gasteiger charge is -2.19. The minimum absolute atomic E-state index is 0.0216. The number of carbonyl (C=O) groups is 3. The van der Waals surface area contributed by atoms with Crippen molar-refractivity contribution in [2.75, 3.05) is 11.9 Å². The normalized spacial score (nSPS) is 13.6. The summed E-state index contributed by atoms with van der Waals surface area (Å²) in [5.74, 6) is -1.96. The summed E-state index contributed by atoms with van der Waals surface area (Å²) >= 11 is 5.96. The Morgan fingerprint density at radius 3 is 2.35 bits per heavy atom. The molecule has 31 heavy (non-hydrogen) atoms. The Balaban J connectivity index is 1.53. The van der Waals surface area contributed by atoms with E-state index in [9.17, 15) is 22.8 Å². The lowest BCUT2D eigenvalue weighted by atomic mass is 10.0. The Hall–Kier alpha value is -3.49. The lowest BCUT2D eigenvalue weighted by molar-refractivity contribution is -0.119. The van der Waals surface area contributed by atoms with Gasteiger partial charge in [-0.3, -0.25) is 9.59 Å². The molecule has 1 aliphatic heterocycles. The van der Waals surface area contributed by atoms with E-state index >= 15 is 0 Å². The van der Waals surface area contributed by atoms with Crippen LogP contribution in [0.2, 0.25) is 5.02 Å². The van der Waals surface area contributed by atoms with E-state index in [-0.39, 0.29) is 26.5 Å². The summed E-state index contributed by atoms with van der Waals surface area (Å²) in [6, 6.07) is 16.1. The Bertz CT molecular complexity index is 1350. The monoisotopic (exact) mass is 455 g/mol. The van der Waals surface area contributed by atoms with Gasteiger partial charge in [-0.15, -0.1) is 0 Å². The molecule has 0 saturated carbocycles. The highest BCUT2D eigenvalue weighted by molar-refractivity contribution is 7.91. The maximum absolute atomic E-state index is 12.9. The number of benzene rings is 3. The Morgan fingerprint density at radius 2 is 1.58 bits per heavy atom. The fraction of sp³-hybridized carbons (Fsp3) is 0.0455. The van der Waals surface area contributed by atoms with Gasteiger partial charge in [-0.1, -0.05) is 35.9 Å². The quantitative estimate of drug-likeness (QED) is 0.472. The van der Waals surface area contributed by atoms with Gasteiger partial charge in [0.25, 0.3) is 5.91 Å². The molecule has 1 N–H and O–H groups in total. The molecule has 1 heterocycles. The second-order valence-corrected chi connectivity index (χ2v) is 8.94. The zero-order chi connectivity index (χ0) is 22.2. The van der Waals surface area contributed by atoms with Gasteiger partial charge in [-0.05, 0) is 42.5 Å². The van der Waals surface area contributed by atoms with Gasteiger partial charge < -0.3 is 10.1 Å². The number of nitrogens with one attached hydrogen (secondary N) is 1. The van der Waals surface area contributed by atoms with E-state index in [4.69, 9.17) is 16.3 Å². The number of fused-ring (bicyclic) bond motifs is 2. The van der Waals surface area contributed by atoms with Crippen molar-refractivity contribution in [1.29, 1.82) is 0 Å². The summed E-state index contributed by atoms with van der Waals surface area (Å²) in [5.41, 5.74) is 0.329. The van der Waals surface area contributed by atoms with Crippen molar-refractivity contribution in [2.45, 2.75) is 9.79 Å². The van der Waals surface area contributed by atoms with Crippen LogP contribution in [0.25, 0.3) is 0 Å². The molecule has 0 atom stereocenters. The van der Waals surface area contributed by atoms with E-state index in [1.165, 1.54) is 30.3 Å². The van der Waals surface area contributed by atoms with Crippen molar-refractivity contribution >= 4 is 44.8 Å². The van der Waals surface area contributed by atoms with Crippen LogP contribution in [-0.2, 0) is 19.4 Å². The zero-order valence-corrected chi connectivity index (χ0v) is 17.4. The largest absolute Gasteiger partial charge is 0.452 e. The minimum Gasteiger partial charge on any atom is -0.452 e. The molecule has 0 aromatic heterocycles. The molecular weight excluding hydrogens is 442 g/mol. The molecule has 0 aliphatic carbocycles. The van der Waals surface area contributed by atoms with E-state index in [1.54, 1.807) is 30.3 Å². The minimum atomic E-state index is -3.99. The van der Waals surface area contributed by atoms with Gasteiger partial charge in [-0.25, -0.2) is 13.2 Å². The molecule has 0 fully saturated rings. The third-order valence-electron chi connectivity index (χ3n) is 4.65. The SMILES string of the molecule is O=C(COC(=O)c1ccc2c(c1)S(=O)(=O)c1ccccc1C2=O)Nc1ccccc1Cl. The number of anilines is 1. The standard InChI is InChI=1S/C22H14ClNO6S/c23-16-6-2-3-7-17(16)24-20(25)12-30-22(27)13-9-10-15-19(11-13)31(28,29)18-8-4-1-5-14(18)21(15)26/h1-11H,12H2,(H,24,25). The van der Waals surface area contributed by atoms with Gasteiger partial charge in [0.15, 0.2) is 12.4 Å². The maximum atomic E-state index is 12.9. The van der Waals surface area contributed by atoms with Crippen LogP contribution >= 0.6 is 11.6 Å². The number of rotatable bonds is 4. The van der Waals surface area contributed by atoms with Crippen LogP contribution < -0.4 is 5.32 Å². The van der Waals surface area contributed by atoms with Crippen LogP contribution in [0.15, 0.2) is 76.5 Å². The van der Waals surface area contributed by atoms with E-state index in [1.807, 2.05) is 0 Å². The van der Waals surface area contributed by atoms with Gasteiger partial charge in [0.05, 0.1) is 26.1 Å². The van der Waals surface area contributed by atoms with Crippen molar-refractivity contribution in [3.05, 3.63) is 88.4 Å². The fourth-order valence-corrected chi connectivity index (χ4v) is 5.03. The van der Waals surface area contributed by atoms with Crippen LogP contribution in [0.3, 0.4) is 0 Å². The van der Waals surface area contributed by atoms with E-state index in [0.717, 1.165) is 6.07 Å². The van der Waals surface area contributed by atoms with Gasteiger partial charge in [0, 0.05) is 11.1 Å². The Labute approximate surface area is 182 Å². The molecule has 1 aliphatic rings. The molecule has 3 aromatic rings. The van der Waals surface area contributed by atoms with Crippen LogP contribution in [-0.4, -0.2) is 32.7 Å². The first-order valence-corrected chi connectivity index (χ1v) is 10.9. The van der Waals surface area contributed by atoms with Crippen LogP contribution in [0, 0.1) is 0 Å². The number of carbonyl (C=O) groups excluding carboxylic acids is 3. The smallest absolute Gasteiger partial charge is 0.338 e. The van der Waals surface area contributed by atoms with Gasteiger partial charge in [0.2, 0.25) is 9.84 Å². The number of ether oxygens (including phenoxy) is 1. The second kappa shape index (κ2) is 7.98. The number of ketones is 1. The maximum Gasteiger partial charge on any atom is 0.338 e. The highest BCUT2D eigenvalue weighted by atomic mass is 35.5. The average molecular weight is 456 g/mol. The first-order chi connectivity index (χ1) is 14.8. The first-order valence-electron chi connectivity index (χ1n) is 9.03. The predicted molar refractivity (Wildman–Crippen MR) is 112 cm³/mol. The van der Waals surface area contributed by atoms with Gasteiger partial charge in [0.1, 0.15) is 0 Å². The molecule has 0 unspecified atom stereocenters. The number of sulfone groups is 1. The number of amides is 1. The number of para-hydroxylation sites is 1. The number of halogens is 1. The topological polar surface area (TPSA) is 107 Å². The molecule has 156 valence electrons. The summed E-state index contributed by atoms with van der Waals surface area (Å²) in [6.07, 6.45) is 0. The molecule has 0 spiro atoms. The van der Waals surface area contributed by atoms with Crippen molar-refractivity contribution in [2.24, 2.45) is 0 Å². The summed E-state index contributed by atoms with van der Waals surface area (Å²) in [7, 11) is -3.99. The van der Waals surface area contributed by atoms with Gasteiger partial charge >= 0.3 is 5.97 Å². The third kappa shape index (κ3) is 3.83. The van der Waals surface area contributed by atoms with Gasteiger partial charge in [-0.2, -0.15) is 0 Å². The number of hydrogen-bond acceptors (Lipinski definition) is 6. The van der Waals surface area contributed by atoms with Crippen molar-refractivity contribution in [3.8, 4) is 0 Å². The number of esters is 1. The summed E-state index contributed by atoms with van der Waals surface area (Å²) in [5, 5.41) is 2.83. The van der Waals surface area contributed by atoms with Crippen LogP contribution in [0.1, 0.15) is 26.3 Å². The zero-order valence-electron chi connectivity index (χ0n) is 15.8. The van der Waals surface area contributed by atoms with E-state index in [0.29, 0.717) is 10.7 Å². The first kappa shape index (κ1) is 20.8. The molecule has 3 aromatic carbocycles. The number of hydrogen-bond donors (Lipinski definition) is 1. The van der Waals surface area contributed by atoms with Crippen molar-refractivity contribution in [3.63, 3.8) is 0 Å². The Morgan fingerprint density at radius 1 is 0.903 bits per heavy atom. The molecule has 9 heteroatoms. The Kier molecular flexibility index (Phi) is 5.34. The highest BCUT2D eigenvalue weighted by Gasteiger charge is 2.35. The average Bonchev–Trinajstić information content (AvgIpc) is 2.77. The van der Waals surface area contributed by atoms with Crippen LogP contribution in [0.4, 0.5) is 5.69 Å². The predicted octanol–water partition coefficient (Wildman–Crippen LogP) is 3.51. The molecule has 0 radical (unpaired) electrons. The lowest BCUT2D eigenvalue weighted by Crippen LogP contribution is -2.23. The molecule has 4 rings (SSSR count).